The maximum absolute atomic E-state index is 12.8. The molecule has 0 saturated heterocycles. The molecule has 0 radical (unpaired) electrons. The number of H-pyrrole nitrogens is 1. The van der Waals surface area contributed by atoms with Crippen LogP contribution in [0.5, 0.6) is 11.5 Å². The number of aromatic nitrogens is 2. The molecule has 6 nitrogen and oxygen atoms in total. The molecule has 0 spiro atoms. The number of ether oxygens (including phenoxy) is 2. The highest BCUT2D eigenvalue weighted by atomic mass is 32.2. The van der Waals surface area contributed by atoms with E-state index in [-0.39, 0.29) is 10.8 Å². The number of thioether (sulfide) groups is 1. The van der Waals surface area contributed by atoms with Crippen molar-refractivity contribution in [3.63, 3.8) is 0 Å². The van der Waals surface area contributed by atoms with Crippen molar-refractivity contribution in [3.8, 4) is 11.5 Å². The van der Waals surface area contributed by atoms with Gasteiger partial charge in [-0.2, -0.15) is 0 Å². The van der Waals surface area contributed by atoms with Crippen LogP contribution in [0.1, 0.15) is 55.0 Å². The lowest BCUT2D eigenvalue weighted by molar-refractivity contribution is 0.391. The molecule has 1 saturated carbocycles. The van der Waals surface area contributed by atoms with Crippen molar-refractivity contribution in [3.05, 3.63) is 39.7 Å². The Balaban J connectivity index is 1.84. The van der Waals surface area contributed by atoms with Gasteiger partial charge in [-0.1, -0.05) is 30.7 Å². The average molecular weight is 373 g/mol. The van der Waals surface area contributed by atoms with Crippen LogP contribution in [0.3, 0.4) is 0 Å². The van der Waals surface area contributed by atoms with Gasteiger partial charge < -0.3 is 9.47 Å². The van der Waals surface area contributed by atoms with E-state index < -0.39 is 0 Å². The highest BCUT2D eigenvalue weighted by Gasteiger charge is 2.34. The molecule has 2 heterocycles. The average Bonchev–Trinajstić information content (AvgIpc) is 3.28. The number of benzene rings is 1. The van der Waals surface area contributed by atoms with Gasteiger partial charge in [0, 0.05) is 11.6 Å². The number of fused-ring (bicyclic) bond motifs is 1. The monoisotopic (exact) mass is 373 g/mol. The van der Waals surface area contributed by atoms with Gasteiger partial charge in [0.2, 0.25) is 0 Å². The molecule has 138 valence electrons. The lowest BCUT2D eigenvalue weighted by Crippen LogP contribution is -2.14. The highest BCUT2D eigenvalue weighted by molar-refractivity contribution is 8.14. The number of rotatable bonds is 4. The van der Waals surface area contributed by atoms with Crippen molar-refractivity contribution in [2.75, 3.05) is 14.2 Å². The molecule has 4 rings (SSSR count). The first-order valence-electron chi connectivity index (χ1n) is 8.90. The molecular formula is C19H23N3O3S. The van der Waals surface area contributed by atoms with Crippen LogP contribution in [-0.4, -0.2) is 29.0 Å². The lowest BCUT2D eigenvalue weighted by Gasteiger charge is -2.23. The quantitative estimate of drug-likeness (QED) is 0.872. The molecule has 1 N–H and O–H groups in total. The number of hydrogen-bond acceptors (Lipinski definition) is 5. The number of aliphatic imine (C=N–C) groups is 1. The van der Waals surface area contributed by atoms with Crippen LogP contribution in [-0.2, 0) is 0 Å². The van der Waals surface area contributed by atoms with Gasteiger partial charge >= 0.3 is 0 Å². The fraction of sp³-hybridized carbons (Fsp3) is 0.474. The molecule has 2 aliphatic rings. The number of nitrogens with zero attached hydrogens (tertiary/aromatic N) is 2. The summed E-state index contributed by atoms with van der Waals surface area (Å²) in [6.45, 7) is 1.99. The summed E-state index contributed by atoms with van der Waals surface area (Å²) in [5, 5.41) is 3.86. The highest BCUT2D eigenvalue weighted by Crippen LogP contribution is 2.48. The summed E-state index contributed by atoms with van der Waals surface area (Å²) >= 11 is 1.59. The summed E-state index contributed by atoms with van der Waals surface area (Å²) in [5.74, 6) is 2.23. The zero-order valence-corrected chi connectivity index (χ0v) is 16.1. The molecule has 7 heteroatoms. The van der Waals surface area contributed by atoms with Gasteiger partial charge in [0.25, 0.3) is 5.56 Å². The number of methoxy groups -OCH3 is 2. The molecule has 1 atom stereocenters. The summed E-state index contributed by atoms with van der Waals surface area (Å²) in [7, 11) is 3.27. The second-order valence-electron chi connectivity index (χ2n) is 6.72. The van der Waals surface area contributed by atoms with Crippen molar-refractivity contribution in [2.24, 2.45) is 4.99 Å². The van der Waals surface area contributed by atoms with Gasteiger partial charge in [-0.25, -0.2) is 4.99 Å². The normalized spacial score (nSPS) is 20.0. The van der Waals surface area contributed by atoms with E-state index in [0.717, 1.165) is 46.3 Å². The molecule has 1 aromatic carbocycles. The summed E-state index contributed by atoms with van der Waals surface area (Å²) in [6.07, 6.45) is 4.59. The third-order valence-electron chi connectivity index (χ3n) is 5.16. The van der Waals surface area contributed by atoms with Crippen molar-refractivity contribution in [2.45, 2.75) is 43.9 Å². The van der Waals surface area contributed by atoms with Gasteiger partial charge in [0.15, 0.2) is 5.82 Å². The van der Waals surface area contributed by atoms with Crippen LogP contribution in [0.15, 0.2) is 28.0 Å². The minimum absolute atomic E-state index is 0.0569. The lowest BCUT2D eigenvalue weighted by atomic mass is 10.0. The molecule has 2 aromatic rings. The van der Waals surface area contributed by atoms with Crippen LogP contribution in [0.25, 0.3) is 0 Å². The first-order chi connectivity index (χ1) is 12.6. The topological polar surface area (TPSA) is 68.6 Å². The third kappa shape index (κ3) is 2.84. The van der Waals surface area contributed by atoms with Crippen LogP contribution in [0, 0.1) is 0 Å². The summed E-state index contributed by atoms with van der Waals surface area (Å²) < 4.78 is 12.9. The number of hydrogen-bond donors (Lipinski definition) is 1. The Morgan fingerprint density at radius 1 is 1.23 bits per heavy atom. The third-order valence-corrected chi connectivity index (χ3v) is 6.32. The molecule has 26 heavy (non-hydrogen) atoms. The maximum atomic E-state index is 12.8. The van der Waals surface area contributed by atoms with Crippen molar-refractivity contribution in [1.82, 2.24) is 9.78 Å². The minimum atomic E-state index is -0.144. The van der Waals surface area contributed by atoms with E-state index in [1.54, 1.807) is 26.0 Å². The van der Waals surface area contributed by atoms with E-state index >= 15 is 0 Å². The minimum Gasteiger partial charge on any atom is -0.497 e. The second kappa shape index (κ2) is 6.87. The van der Waals surface area contributed by atoms with Crippen molar-refractivity contribution < 1.29 is 9.47 Å². The Bertz CT molecular complexity index is 909. The van der Waals surface area contributed by atoms with E-state index in [9.17, 15) is 4.79 Å². The van der Waals surface area contributed by atoms with Crippen molar-refractivity contribution in [1.29, 1.82) is 0 Å². The first kappa shape index (κ1) is 17.3. The van der Waals surface area contributed by atoms with Crippen LogP contribution < -0.4 is 15.0 Å². The summed E-state index contributed by atoms with van der Waals surface area (Å²) in [6, 6.07) is 6.08. The van der Waals surface area contributed by atoms with Gasteiger partial charge in [0.05, 0.1) is 36.1 Å². The molecular weight excluding hydrogens is 350 g/mol. The fourth-order valence-corrected chi connectivity index (χ4v) is 5.02. The van der Waals surface area contributed by atoms with Crippen LogP contribution in [0.2, 0.25) is 0 Å². The molecule has 0 amide bonds. The molecule has 0 unspecified atom stereocenters. The second-order valence-corrected chi connectivity index (χ2v) is 8.02. The standard InChI is InChI=1S/C19H23N3O3S/c1-11-20-18-16(19(23)21-22(18)12-6-4-5-7-12)17(26-11)14-9-8-13(24-2)10-15(14)25-3/h8-10,12,17H,4-7H2,1-3H3,(H,21,23)/t17-/m1/s1. The van der Waals surface area contributed by atoms with Gasteiger partial charge in [-0.15, -0.1) is 0 Å². The van der Waals surface area contributed by atoms with E-state index in [1.807, 2.05) is 29.8 Å². The number of nitrogens with one attached hydrogen (secondary N) is 1. The molecule has 1 aromatic heterocycles. The Morgan fingerprint density at radius 3 is 2.69 bits per heavy atom. The SMILES string of the molecule is COc1ccc([C@H]2SC(C)=Nc3c2c(=O)[nH]n3C2CCCC2)c(OC)c1. The Morgan fingerprint density at radius 2 is 2.00 bits per heavy atom. The van der Waals surface area contributed by atoms with E-state index in [0.29, 0.717) is 6.04 Å². The Kier molecular flexibility index (Phi) is 4.56. The molecule has 1 aliphatic carbocycles. The van der Waals surface area contributed by atoms with E-state index in [2.05, 4.69) is 5.10 Å². The molecule has 1 fully saturated rings. The predicted molar refractivity (Wildman–Crippen MR) is 104 cm³/mol. The zero-order chi connectivity index (χ0) is 18.3. The smallest absolute Gasteiger partial charge is 0.271 e. The number of aromatic amines is 1. The predicted octanol–water partition coefficient (Wildman–Crippen LogP) is 4.19. The Hall–Kier alpha value is -2.15. The van der Waals surface area contributed by atoms with E-state index in [4.69, 9.17) is 14.5 Å². The fourth-order valence-electron chi connectivity index (χ4n) is 3.89. The van der Waals surface area contributed by atoms with Crippen LogP contribution in [0.4, 0.5) is 5.82 Å². The van der Waals surface area contributed by atoms with Gasteiger partial charge in [-0.3, -0.25) is 14.6 Å². The largest absolute Gasteiger partial charge is 0.497 e. The van der Waals surface area contributed by atoms with Gasteiger partial charge in [0.1, 0.15) is 11.5 Å². The maximum Gasteiger partial charge on any atom is 0.271 e. The van der Waals surface area contributed by atoms with Gasteiger partial charge in [-0.05, 0) is 25.8 Å². The summed E-state index contributed by atoms with van der Waals surface area (Å²) in [4.78, 5) is 17.6. The Labute approximate surface area is 156 Å². The van der Waals surface area contributed by atoms with Crippen molar-refractivity contribution >= 4 is 22.6 Å². The van der Waals surface area contributed by atoms with Crippen LogP contribution >= 0.6 is 11.8 Å². The molecule has 0 bridgehead atoms. The molecule has 1 aliphatic heterocycles. The summed E-state index contributed by atoms with van der Waals surface area (Å²) in [5.41, 5.74) is 1.62. The first-order valence-corrected chi connectivity index (χ1v) is 9.78. The van der Waals surface area contributed by atoms with E-state index in [1.165, 1.54) is 12.8 Å². The zero-order valence-electron chi connectivity index (χ0n) is 15.2.